The Hall–Kier alpha value is -2.46. The number of hydrogen-bond donors (Lipinski definition) is 2. The average Bonchev–Trinajstić information content (AvgIpc) is 3.22. The van der Waals surface area contributed by atoms with Gasteiger partial charge in [-0.05, 0) is 23.4 Å². The van der Waals surface area contributed by atoms with E-state index in [-0.39, 0.29) is 11.7 Å². The third kappa shape index (κ3) is 4.11. The molecule has 0 unspecified atom stereocenters. The number of pyridine rings is 1. The number of aromatic carboxylic acids is 1. The average molecular weight is 413 g/mol. The van der Waals surface area contributed by atoms with Crippen LogP contribution < -0.4 is 5.32 Å². The quantitative estimate of drug-likeness (QED) is 0.549. The molecule has 142 valence electrons. The summed E-state index contributed by atoms with van der Waals surface area (Å²) in [5, 5.41) is 14.3. The summed E-state index contributed by atoms with van der Waals surface area (Å²) in [6, 6.07) is 4.43. The molecule has 3 rings (SSSR count). The van der Waals surface area contributed by atoms with Crippen LogP contribution in [-0.2, 0) is 6.18 Å². The Bertz CT molecular complexity index is 966. The second-order valence-corrected chi connectivity index (χ2v) is 7.86. The van der Waals surface area contributed by atoms with E-state index in [1.54, 1.807) is 11.3 Å². The van der Waals surface area contributed by atoms with Gasteiger partial charge in [-0.25, -0.2) is 14.8 Å². The van der Waals surface area contributed by atoms with Gasteiger partial charge in [0.2, 0.25) is 0 Å². The summed E-state index contributed by atoms with van der Waals surface area (Å²) < 4.78 is 38.5. The Morgan fingerprint density at radius 2 is 2.07 bits per heavy atom. The molecule has 3 heterocycles. The largest absolute Gasteiger partial charge is 0.478 e. The van der Waals surface area contributed by atoms with E-state index in [9.17, 15) is 23.1 Å². The highest BCUT2D eigenvalue weighted by Crippen LogP contribution is 2.40. The molecule has 10 heteroatoms. The summed E-state index contributed by atoms with van der Waals surface area (Å²) >= 11 is 2.85. The van der Waals surface area contributed by atoms with E-state index in [0.717, 1.165) is 15.4 Å². The number of aromatic nitrogens is 2. The normalized spacial score (nSPS) is 11.8. The first-order valence-electron chi connectivity index (χ1n) is 7.79. The van der Waals surface area contributed by atoms with Gasteiger partial charge in [-0.3, -0.25) is 0 Å². The number of rotatable bonds is 5. The van der Waals surface area contributed by atoms with E-state index in [2.05, 4.69) is 15.3 Å². The Kier molecular flexibility index (Phi) is 5.20. The van der Waals surface area contributed by atoms with Gasteiger partial charge in [0.15, 0.2) is 5.13 Å². The fraction of sp³-hybridized carbons (Fsp3) is 0.235. The minimum atomic E-state index is -4.67. The molecule has 0 bridgehead atoms. The Balaban J connectivity index is 2.00. The first-order chi connectivity index (χ1) is 12.7. The molecule has 27 heavy (non-hydrogen) atoms. The molecule has 0 atom stereocenters. The maximum Gasteiger partial charge on any atom is 0.417 e. The number of carboxylic acids is 1. The second-order valence-electron chi connectivity index (χ2n) is 5.91. The van der Waals surface area contributed by atoms with Gasteiger partial charge in [0, 0.05) is 11.1 Å². The number of anilines is 2. The van der Waals surface area contributed by atoms with E-state index < -0.39 is 23.3 Å². The molecule has 5 nitrogen and oxygen atoms in total. The first-order valence-corrected chi connectivity index (χ1v) is 9.48. The molecule has 0 fully saturated rings. The van der Waals surface area contributed by atoms with Crippen molar-refractivity contribution in [3.05, 3.63) is 46.6 Å². The van der Waals surface area contributed by atoms with E-state index in [1.165, 1.54) is 11.3 Å². The Morgan fingerprint density at radius 1 is 1.33 bits per heavy atom. The number of alkyl halides is 3. The zero-order chi connectivity index (χ0) is 19.8. The van der Waals surface area contributed by atoms with Crippen LogP contribution in [0.25, 0.3) is 9.75 Å². The van der Waals surface area contributed by atoms with Gasteiger partial charge in [-0.15, -0.1) is 11.3 Å². The molecule has 0 saturated heterocycles. The number of halogens is 3. The second kappa shape index (κ2) is 7.28. The topological polar surface area (TPSA) is 75.1 Å². The summed E-state index contributed by atoms with van der Waals surface area (Å²) in [6.07, 6.45) is -4.07. The Morgan fingerprint density at radius 3 is 2.63 bits per heavy atom. The lowest BCUT2D eigenvalue weighted by Crippen LogP contribution is -2.11. The van der Waals surface area contributed by atoms with Crippen LogP contribution in [0.5, 0.6) is 0 Å². The third-order valence-corrected chi connectivity index (χ3v) is 5.65. The molecule has 3 aromatic rings. The smallest absolute Gasteiger partial charge is 0.417 e. The van der Waals surface area contributed by atoms with Gasteiger partial charge in [-0.2, -0.15) is 13.2 Å². The van der Waals surface area contributed by atoms with Gasteiger partial charge in [-0.1, -0.05) is 31.3 Å². The number of carboxylic acid groups (broad SMARTS) is 1. The standard InChI is InChI=1S/C17H14F3N3O2S2/c1-8(2)12-13(11-4-3-5-26-11)27-16(22-12)23-14-10(15(24)25)6-9(7-21-14)17(18,19)20/h3-8H,1-2H3,(H,24,25)(H,21,22,23). The molecule has 2 N–H and O–H groups in total. The molecule has 0 amide bonds. The van der Waals surface area contributed by atoms with Crippen molar-refractivity contribution >= 4 is 39.6 Å². The van der Waals surface area contributed by atoms with E-state index >= 15 is 0 Å². The van der Waals surface area contributed by atoms with Crippen molar-refractivity contribution < 1.29 is 23.1 Å². The minimum Gasteiger partial charge on any atom is -0.478 e. The van der Waals surface area contributed by atoms with E-state index in [1.807, 2.05) is 31.4 Å². The highest BCUT2D eigenvalue weighted by Gasteiger charge is 2.32. The zero-order valence-electron chi connectivity index (χ0n) is 14.2. The van der Waals surface area contributed by atoms with E-state index in [4.69, 9.17) is 0 Å². The van der Waals surface area contributed by atoms with Gasteiger partial charge in [0.05, 0.1) is 16.1 Å². The molecule has 3 aromatic heterocycles. The van der Waals surface area contributed by atoms with Gasteiger partial charge < -0.3 is 10.4 Å². The fourth-order valence-corrected chi connectivity index (χ4v) is 4.33. The van der Waals surface area contributed by atoms with Crippen molar-refractivity contribution in [2.24, 2.45) is 0 Å². The minimum absolute atomic E-state index is 0.119. The number of nitrogens with one attached hydrogen (secondary N) is 1. The van der Waals surface area contributed by atoms with Crippen LogP contribution in [0.15, 0.2) is 29.8 Å². The third-order valence-electron chi connectivity index (χ3n) is 3.62. The fourth-order valence-electron chi connectivity index (χ4n) is 2.34. The number of thiazole rings is 1. The SMILES string of the molecule is CC(C)c1nc(Nc2ncc(C(F)(F)F)cc2C(=O)O)sc1-c1cccs1. The molecule has 0 aromatic carbocycles. The van der Waals surface area contributed by atoms with Crippen molar-refractivity contribution in [3.8, 4) is 9.75 Å². The van der Waals surface area contributed by atoms with Crippen LogP contribution in [0.1, 0.15) is 41.4 Å². The van der Waals surface area contributed by atoms with Crippen LogP contribution in [0.3, 0.4) is 0 Å². The van der Waals surface area contributed by atoms with Crippen molar-refractivity contribution in [1.29, 1.82) is 0 Å². The molecule has 0 aliphatic heterocycles. The molecule has 0 saturated carbocycles. The summed E-state index contributed by atoms with van der Waals surface area (Å²) in [5.41, 5.74) is -0.857. The number of carbonyl (C=O) groups is 1. The van der Waals surface area contributed by atoms with Crippen molar-refractivity contribution in [3.63, 3.8) is 0 Å². The number of hydrogen-bond acceptors (Lipinski definition) is 6. The Labute approximate surface area is 160 Å². The van der Waals surface area contributed by atoms with Crippen LogP contribution >= 0.6 is 22.7 Å². The lowest BCUT2D eigenvalue weighted by atomic mass is 10.1. The number of nitrogens with zero attached hydrogens (tertiary/aromatic N) is 2. The highest BCUT2D eigenvalue weighted by molar-refractivity contribution is 7.23. The predicted molar refractivity (Wildman–Crippen MR) is 99.0 cm³/mol. The van der Waals surface area contributed by atoms with Crippen molar-refractivity contribution in [2.75, 3.05) is 5.32 Å². The van der Waals surface area contributed by atoms with Crippen LogP contribution in [-0.4, -0.2) is 21.0 Å². The predicted octanol–water partition coefficient (Wildman–Crippen LogP) is 5.85. The summed E-state index contributed by atoms with van der Waals surface area (Å²) in [7, 11) is 0. The van der Waals surface area contributed by atoms with Crippen LogP contribution in [0.4, 0.5) is 24.1 Å². The van der Waals surface area contributed by atoms with Gasteiger partial charge in [0.25, 0.3) is 0 Å². The van der Waals surface area contributed by atoms with Crippen LogP contribution in [0.2, 0.25) is 0 Å². The first kappa shape index (κ1) is 19.3. The van der Waals surface area contributed by atoms with E-state index in [0.29, 0.717) is 17.4 Å². The van der Waals surface area contributed by atoms with Gasteiger partial charge in [0.1, 0.15) is 11.4 Å². The lowest BCUT2D eigenvalue weighted by molar-refractivity contribution is -0.137. The molecule has 0 spiro atoms. The summed E-state index contributed by atoms with van der Waals surface area (Å²) in [6.45, 7) is 3.96. The lowest BCUT2D eigenvalue weighted by Gasteiger charge is -2.10. The maximum atomic E-state index is 12.8. The van der Waals surface area contributed by atoms with Crippen molar-refractivity contribution in [1.82, 2.24) is 9.97 Å². The number of thiophene rings is 1. The molecule has 0 radical (unpaired) electrons. The maximum absolute atomic E-state index is 12.8. The van der Waals surface area contributed by atoms with Gasteiger partial charge >= 0.3 is 12.1 Å². The summed E-state index contributed by atoms with van der Waals surface area (Å²) in [4.78, 5) is 21.5. The van der Waals surface area contributed by atoms with Crippen molar-refractivity contribution in [2.45, 2.75) is 25.9 Å². The summed E-state index contributed by atoms with van der Waals surface area (Å²) in [5.74, 6) is -1.57. The molecule has 0 aliphatic rings. The molecular weight excluding hydrogens is 399 g/mol. The highest BCUT2D eigenvalue weighted by atomic mass is 32.1. The molecular formula is C17H14F3N3O2S2. The van der Waals surface area contributed by atoms with Crippen LogP contribution in [0, 0.1) is 0 Å². The molecule has 0 aliphatic carbocycles. The zero-order valence-corrected chi connectivity index (χ0v) is 15.8. The monoisotopic (exact) mass is 413 g/mol.